The predicted molar refractivity (Wildman–Crippen MR) is 123 cm³/mol. The highest BCUT2D eigenvalue weighted by atomic mass is 16.5. The van der Waals surface area contributed by atoms with E-state index in [-0.39, 0.29) is 24.5 Å². The summed E-state index contributed by atoms with van der Waals surface area (Å²) in [6.07, 6.45) is 4.16. The molecule has 0 aliphatic heterocycles. The number of nitrogens with one attached hydrogen (secondary N) is 1. The van der Waals surface area contributed by atoms with Gasteiger partial charge in [0.15, 0.2) is 12.6 Å². The maximum Gasteiger partial charge on any atom is 0.343 e. The monoisotopic (exact) mass is 452 g/mol. The van der Waals surface area contributed by atoms with Crippen molar-refractivity contribution in [3.8, 4) is 5.75 Å². The average Bonchev–Trinajstić information content (AvgIpc) is 3.30. The van der Waals surface area contributed by atoms with Crippen LogP contribution in [0.4, 0.5) is 5.69 Å². The van der Waals surface area contributed by atoms with Gasteiger partial charge in [-0.05, 0) is 61.7 Å². The topological polar surface area (TPSA) is 146 Å². The fourth-order valence-corrected chi connectivity index (χ4v) is 3.55. The second-order valence-corrected chi connectivity index (χ2v) is 7.92. The van der Waals surface area contributed by atoms with Gasteiger partial charge >= 0.3 is 11.9 Å². The highest BCUT2D eigenvalue weighted by Crippen LogP contribution is 2.22. The summed E-state index contributed by atoms with van der Waals surface area (Å²) < 4.78 is 10.5. The van der Waals surface area contributed by atoms with Crippen LogP contribution in [0.1, 0.15) is 54.4 Å². The molecule has 2 aromatic rings. The van der Waals surface area contributed by atoms with Crippen LogP contribution in [0.3, 0.4) is 0 Å². The number of rotatable bonds is 8. The highest BCUT2D eigenvalue weighted by molar-refractivity contribution is 5.91. The van der Waals surface area contributed by atoms with E-state index >= 15 is 0 Å². The Bertz CT molecular complexity index is 1010. The Labute approximate surface area is 192 Å². The molecule has 9 nitrogen and oxygen atoms in total. The summed E-state index contributed by atoms with van der Waals surface area (Å²) in [5.41, 5.74) is 12.2. The van der Waals surface area contributed by atoms with Gasteiger partial charge in [0.2, 0.25) is 0 Å². The lowest BCUT2D eigenvalue weighted by atomic mass is 10.0. The van der Waals surface area contributed by atoms with E-state index in [0.717, 1.165) is 25.7 Å². The second-order valence-electron chi connectivity index (χ2n) is 7.92. The minimum absolute atomic E-state index is 0.0733. The zero-order valence-electron chi connectivity index (χ0n) is 18.5. The molecule has 1 aliphatic rings. The molecule has 0 radical (unpaired) electrons. The van der Waals surface area contributed by atoms with E-state index in [1.807, 2.05) is 0 Å². The van der Waals surface area contributed by atoms with Crippen molar-refractivity contribution in [1.82, 2.24) is 5.32 Å². The molecule has 1 amide bonds. The standard InChI is InChI=1S/C24H28N4O5/c1-15(22(30)32-14-21(29)27-18-4-2-3-5-18)16-8-12-20(13-9-16)33-23(31)17-6-10-19(11-7-17)28-24(25)26/h6-13,15,18H,2-5,14H2,1H3,(H,27,29)(H4,25,26,28). The zero-order valence-corrected chi connectivity index (χ0v) is 18.5. The molecule has 174 valence electrons. The van der Waals surface area contributed by atoms with Crippen molar-refractivity contribution in [2.75, 3.05) is 6.61 Å². The Morgan fingerprint density at radius 1 is 1.03 bits per heavy atom. The number of nitrogens with zero attached hydrogens (tertiary/aromatic N) is 1. The summed E-state index contributed by atoms with van der Waals surface area (Å²) in [5.74, 6) is -1.64. The van der Waals surface area contributed by atoms with E-state index < -0.39 is 17.9 Å². The van der Waals surface area contributed by atoms with Crippen LogP contribution < -0.4 is 21.5 Å². The average molecular weight is 453 g/mol. The molecule has 2 aromatic carbocycles. The number of esters is 2. The Morgan fingerprint density at radius 2 is 1.67 bits per heavy atom. The van der Waals surface area contributed by atoms with E-state index in [2.05, 4.69) is 10.3 Å². The van der Waals surface area contributed by atoms with E-state index in [0.29, 0.717) is 22.6 Å². The first-order valence-electron chi connectivity index (χ1n) is 10.8. The normalized spacial score (nSPS) is 14.2. The quantitative estimate of drug-likeness (QED) is 0.241. The summed E-state index contributed by atoms with van der Waals surface area (Å²) in [6, 6.07) is 13.0. The maximum atomic E-state index is 12.3. The molecule has 1 aliphatic carbocycles. The van der Waals surface area contributed by atoms with Crippen LogP contribution >= 0.6 is 0 Å². The Hall–Kier alpha value is -3.88. The van der Waals surface area contributed by atoms with Gasteiger partial charge < -0.3 is 26.3 Å². The van der Waals surface area contributed by atoms with Crippen molar-refractivity contribution in [3.63, 3.8) is 0 Å². The van der Waals surface area contributed by atoms with Crippen molar-refractivity contribution in [1.29, 1.82) is 0 Å². The van der Waals surface area contributed by atoms with E-state index in [1.54, 1.807) is 55.5 Å². The van der Waals surface area contributed by atoms with Gasteiger partial charge in [0.25, 0.3) is 5.91 Å². The number of carbonyl (C=O) groups excluding carboxylic acids is 3. The predicted octanol–water partition coefficient (Wildman–Crippen LogP) is 2.52. The van der Waals surface area contributed by atoms with Gasteiger partial charge in [0.1, 0.15) is 5.75 Å². The number of guanidine groups is 1. The van der Waals surface area contributed by atoms with E-state index in [9.17, 15) is 14.4 Å². The van der Waals surface area contributed by atoms with Gasteiger partial charge in [-0.2, -0.15) is 0 Å². The van der Waals surface area contributed by atoms with Gasteiger partial charge in [-0.1, -0.05) is 25.0 Å². The Balaban J connectivity index is 1.50. The highest BCUT2D eigenvalue weighted by Gasteiger charge is 2.21. The van der Waals surface area contributed by atoms with Crippen molar-refractivity contribution in [2.45, 2.75) is 44.6 Å². The minimum Gasteiger partial charge on any atom is -0.455 e. The van der Waals surface area contributed by atoms with Gasteiger partial charge in [-0.25, -0.2) is 9.79 Å². The number of nitrogens with two attached hydrogens (primary N) is 2. The molecule has 9 heteroatoms. The van der Waals surface area contributed by atoms with Gasteiger partial charge in [0, 0.05) is 6.04 Å². The largest absolute Gasteiger partial charge is 0.455 e. The fourth-order valence-electron chi connectivity index (χ4n) is 3.55. The number of amides is 1. The first-order valence-corrected chi connectivity index (χ1v) is 10.8. The molecular weight excluding hydrogens is 424 g/mol. The van der Waals surface area contributed by atoms with E-state index in [4.69, 9.17) is 20.9 Å². The number of aliphatic imine (C=N–C) groups is 1. The summed E-state index contributed by atoms with van der Waals surface area (Å²) in [5, 5.41) is 2.88. The number of benzene rings is 2. The molecule has 33 heavy (non-hydrogen) atoms. The molecule has 1 unspecified atom stereocenters. The number of hydrogen-bond acceptors (Lipinski definition) is 6. The molecule has 5 N–H and O–H groups in total. The third kappa shape index (κ3) is 7.06. The molecule has 1 saturated carbocycles. The molecular formula is C24H28N4O5. The summed E-state index contributed by atoms with van der Waals surface area (Å²) >= 11 is 0. The zero-order chi connectivity index (χ0) is 23.8. The molecule has 0 aromatic heterocycles. The van der Waals surface area contributed by atoms with E-state index in [1.165, 1.54) is 0 Å². The molecule has 0 heterocycles. The van der Waals surface area contributed by atoms with Crippen molar-refractivity contribution in [3.05, 3.63) is 59.7 Å². The number of hydrogen-bond donors (Lipinski definition) is 3. The summed E-state index contributed by atoms with van der Waals surface area (Å²) in [4.78, 5) is 40.5. The van der Waals surface area contributed by atoms with Gasteiger partial charge in [-0.3, -0.25) is 9.59 Å². The van der Waals surface area contributed by atoms with Crippen LogP contribution in [0.5, 0.6) is 5.75 Å². The lowest BCUT2D eigenvalue weighted by molar-refractivity contribution is -0.149. The Morgan fingerprint density at radius 3 is 2.27 bits per heavy atom. The van der Waals surface area contributed by atoms with Crippen LogP contribution in [0, 0.1) is 0 Å². The van der Waals surface area contributed by atoms with Crippen LogP contribution in [-0.2, 0) is 14.3 Å². The first kappa shape index (κ1) is 23.8. The summed E-state index contributed by atoms with van der Waals surface area (Å²) in [6.45, 7) is 1.40. The van der Waals surface area contributed by atoms with Crippen LogP contribution in [0.2, 0.25) is 0 Å². The lowest BCUT2D eigenvalue weighted by Gasteiger charge is -2.14. The second kappa shape index (κ2) is 11.1. The third-order valence-electron chi connectivity index (χ3n) is 5.37. The van der Waals surface area contributed by atoms with Gasteiger partial charge in [0.05, 0.1) is 17.2 Å². The lowest BCUT2D eigenvalue weighted by Crippen LogP contribution is -2.36. The van der Waals surface area contributed by atoms with Crippen LogP contribution in [0.25, 0.3) is 0 Å². The van der Waals surface area contributed by atoms with Gasteiger partial charge in [-0.15, -0.1) is 0 Å². The van der Waals surface area contributed by atoms with Crippen LogP contribution in [-0.4, -0.2) is 36.5 Å². The van der Waals surface area contributed by atoms with Crippen molar-refractivity contribution in [2.24, 2.45) is 16.5 Å². The Kier molecular flexibility index (Phi) is 8.01. The van der Waals surface area contributed by atoms with Crippen molar-refractivity contribution >= 4 is 29.5 Å². The molecule has 0 spiro atoms. The SMILES string of the molecule is CC(C(=O)OCC(=O)NC1CCCC1)c1ccc(OC(=O)c2ccc(N=C(N)N)cc2)cc1. The van der Waals surface area contributed by atoms with Crippen LogP contribution in [0.15, 0.2) is 53.5 Å². The molecule has 3 rings (SSSR count). The smallest absolute Gasteiger partial charge is 0.343 e. The molecule has 1 fully saturated rings. The molecule has 1 atom stereocenters. The number of carbonyl (C=O) groups is 3. The molecule has 0 saturated heterocycles. The summed E-state index contributed by atoms with van der Waals surface area (Å²) in [7, 11) is 0. The number of ether oxygens (including phenoxy) is 2. The maximum absolute atomic E-state index is 12.3. The molecule has 0 bridgehead atoms. The first-order chi connectivity index (χ1) is 15.8. The fraction of sp³-hybridized carbons (Fsp3) is 0.333. The van der Waals surface area contributed by atoms with Crippen molar-refractivity contribution < 1.29 is 23.9 Å². The third-order valence-corrected chi connectivity index (χ3v) is 5.37. The minimum atomic E-state index is -0.572.